The minimum Gasteiger partial charge on any atom is -0.392 e. The number of hydrogen-bond donors (Lipinski definition) is 1. The Hall–Kier alpha value is -0.910. The van der Waals surface area contributed by atoms with Gasteiger partial charge in [-0.15, -0.1) is 0 Å². The lowest BCUT2D eigenvalue weighted by Crippen LogP contribution is -2.35. The summed E-state index contributed by atoms with van der Waals surface area (Å²) in [7, 11) is -3.26. The van der Waals surface area contributed by atoms with Crippen molar-refractivity contribution < 1.29 is 13.5 Å². The van der Waals surface area contributed by atoms with Crippen molar-refractivity contribution >= 4 is 10.0 Å². The van der Waals surface area contributed by atoms with Gasteiger partial charge in [-0.2, -0.15) is 0 Å². The second kappa shape index (κ2) is 6.07. The van der Waals surface area contributed by atoms with E-state index in [1.807, 2.05) is 18.2 Å². The minimum atomic E-state index is -3.26. The van der Waals surface area contributed by atoms with Gasteiger partial charge in [0.25, 0.3) is 0 Å². The van der Waals surface area contributed by atoms with Crippen LogP contribution in [0.15, 0.2) is 24.3 Å². The average molecular weight is 309 g/mol. The van der Waals surface area contributed by atoms with Crippen LogP contribution < -0.4 is 0 Å². The molecule has 4 nitrogen and oxygen atoms in total. The molecule has 1 aromatic carbocycles. The molecule has 0 unspecified atom stereocenters. The van der Waals surface area contributed by atoms with Crippen LogP contribution in [0.2, 0.25) is 0 Å². The normalized spacial score (nSPS) is 19.1. The van der Waals surface area contributed by atoms with Gasteiger partial charge in [-0.1, -0.05) is 24.3 Å². The Balaban J connectivity index is 1.72. The van der Waals surface area contributed by atoms with Gasteiger partial charge >= 0.3 is 0 Å². The van der Waals surface area contributed by atoms with Crippen LogP contribution in [0.4, 0.5) is 0 Å². The maximum absolute atomic E-state index is 12.7. The van der Waals surface area contributed by atoms with Crippen molar-refractivity contribution in [2.75, 3.05) is 13.1 Å². The van der Waals surface area contributed by atoms with Crippen LogP contribution in [0.3, 0.4) is 0 Å². The topological polar surface area (TPSA) is 57.6 Å². The first kappa shape index (κ1) is 15.0. The molecule has 0 radical (unpaired) electrons. The van der Waals surface area contributed by atoms with Crippen molar-refractivity contribution in [3.05, 3.63) is 35.4 Å². The standard InChI is InChI=1S/C16H23NO3S/c18-11-15-2-1-3-16(8-15)12-21(19,20)17(9-13-4-5-13)10-14-6-7-14/h1-3,8,13-14,18H,4-7,9-12H2. The number of benzene rings is 1. The highest BCUT2D eigenvalue weighted by molar-refractivity contribution is 7.88. The fraction of sp³-hybridized carbons (Fsp3) is 0.625. The van der Waals surface area contributed by atoms with E-state index in [1.165, 1.54) is 0 Å². The molecule has 2 saturated carbocycles. The fourth-order valence-corrected chi connectivity index (χ4v) is 4.26. The molecule has 0 spiro atoms. The van der Waals surface area contributed by atoms with E-state index >= 15 is 0 Å². The molecule has 116 valence electrons. The van der Waals surface area contributed by atoms with E-state index in [-0.39, 0.29) is 12.4 Å². The van der Waals surface area contributed by atoms with Crippen molar-refractivity contribution in [3.63, 3.8) is 0 Å². The average Bonchev–Trinajstić information content (AvgIpc) is 3.33. The third-order valence-electron chi connectivity index (χ3n) is 4.23. The number of hydrogen-bond acceptors (Lipinski definition) is 3. The second-order valence-corrected chi connectivity index (χ2v) is 8.41. The van der Waals surface area contributed by atoms with Crippen LogP contribution in [0.5, 0.6) is 0 Å². The van der Waals surface area contributed by atoms with Crippen LogP contribution in [-0.4, -0.2) is 30.9 Å². The van der Waals surface area contributed by atoms with Gasteiger partial charge in [0.1, 0.15) is 0 Å². The third kappa shape index (κ3) is 4.28. The molecule has 21 heavy (non-hydrogen) atoms. The lowest BCUT2D eigenvalue weighted by Gasteiger charge is -2.22. The van der Waals surface area contributed by atoms with E-state index < -0.39 is 10.0 Å². The van der Waals surface area contributed by atoms with E-state index in [2.05, 4.69) is 0 Å². The third-order valence-corrected chi connectivity index (χ3v) is 6.02. The van der Waals surface area contributed by atoms with Gasteiger partial charge in [0.2, 0.25) is 10.0 Å². The summed E-state index contributed by atoms with van der Waals surface area (Å²) in [5, 5.41) is 9.16. The van der Waals surface area contributed by atoms with Crippen LogP contribution in [0.25, 0.3) is 0 Å². The van der Waals surface area contributed by atoms with E-state index in [9.17, 15) is 8.42 Å². The zero-order valence-electron chi connectivity index (χ0n) is 12.2. The van der Waals surface area contributed by atoms with Crippen LogP contribution in [-0.2, 0) is 22.4 Å². The molecule has 3 rings (SSSR count). The van der Waals surface area contributed by atoms with E-state index in [1.54, 1.807) is 10.4 Å². The Bertz CT molecular complexity index is 577. The van der Waals surface area contributed by atoms with Crippen LogP contribution >= 0.6 is 0 Å². The number of aliphatic hydroxyl groups is 1. The Morgan fingerprint density at radius 2 is 1.62 bits per heavy atom. The van der Waals surface area contributed by atoms with Crippen molar-refractivity contribution in [1.82, 2.24) is 4.31 Å². The summed E-state index contributed by atoms with van der Waals surface area (Å²) >= 11 is 0. The lowest BCUT2D eigenvalue weighted by atomic mass is 10.1. The second-order valence-electron chi connectivity index (χ2n) is 6.44. The first-order valence-corrected chi connectivity index (χ1v) is 9.34. The molecule has 0 heterocycles. The quantitative estimate of drug-likeness (QED) is 0.800. The summed E-state index contributed by atoms with van der Waals surface area (Å²) in [6.45, 7) is 1.33. The van der Waals surface area contributed by atoms with Crippen molar-refractivity contribution in [1.29, 1.82) is 0 Å². The number of aliphatic hydroxyl groups excluding tert-OH is 1. The predicted molar refractivity (Wildman–Crippen MR) is 82.0 cm³/mol. The number of nitrogens with zero attached hydrogens (tertiary/aromatic N) is 1. The van der Waals surface area contributed by atoms with Crippen molar-refractivity contribution in [2.24, 2.45) is 11.8 Å². The molecule has 1 aromatic rings. The number of sulfonamides is 1. The zero-order chi connectivity index (χ0) is 14.9. The highest BCUT2D eigenvalue weighted by Crippen LogP contribution is 2.35. The Labute approximate surface area is 126 Å². The summed E-state index contributed by atoms with van der Waals surface area (Å²) in [4.78, 5) is 0. The van der Waals surface area contributed by atoms with Gasteiger partial charge in [0.15, 0.2) is 0 Å². The molecule has 2 aliphatic carbocycles. The smallest absolute Gasteiger partial charge is 0.218 e. The highest BCUT2D eigenvalue weighted by atomic mass is 32.2. The first-order chi connectivity index (χ1) is 10.1. The monoisotopic (exact) mass is 309 g/mol. The summed E-state index contributed by atoms with van der Waals surface area (Å²) in [6.07, 6.45) is 4.65. The molecule has 5 heteroatoms. The SMILES string of the molecule is O=S(=O)(Cc1cccc(CO)c1)N(CC1CC1)CC1CC1. The Morgan fingerprint density at radius 3 is 2.14 bits per heavy atom. The maximum Gasteiger partial charge on any atom is 0.218 e. The molecule has 0 aliphatic heterocycles. The largest absolute Gasteiger partial charge is 0.392 e. The van der Waals surface area contributed by atoms with Gasteiger partial charge in [0, 0.05) is 13.1 Å². The van der Waals surface area contributed by atoms with Crippen LogP contribution in [0, 0.1) is 11.8 Å². The van der Waals surface area contributed by atoms with Gasteiger partial charge in [0.05, 0.1) is 12.4 Å². The lowest BCUT2D eigenvalue weighted by molar-refractivity contribution is 0.281. The van der Waals surface area contributed by atoms with Crippen LogP contribution in [0.1, 0.15) is 36.8 Å². The molecular weight excluding hydrogens is 286 g/mol. The van der Waals surface area contributed by atoms with Gasteiger partial charge in [-0.25, -0.2) is 12.7 Å². The summed E-state index contributed by atoms with van der Waals surface area (Å²) in [6, 6.07) is 7.22. The van der Waals surface area contributed by atoms with Gasteiger partial charge in [-0.05, 0) is 48.6 Å². The van der Waals surface area contributed by atoms with E-state index in [4.69, 9.17) is 5.11 Å². The summed E-state index contributed by atoms with van der Waals surface area (Å²) < 4.78 is 27.1. The molecule has 0 atom stereocenters. The van der Waals surface area contributed by atoms with E-state index in [0.717, 1.165) is 36.8 Å². The molecule has 0 bridgehead atoms. The summed E-state index contributed by atoms with van der Waals surface area (Å²) in [5.41, 5.74) is 1.52. The molecule has 0 aromatic heterocycles. The fourth-order valence-electron chi connectivity index (χ4n) is 2.60. The maximum atomic E-state index is 12.7. The van der Waals surface area contributed by atoms with Gasteiger partial charge in [-0.3, -0.25) is 0 Å². The Kier molecular flexibility index (Phi) is 4.33. The number of rotatable bonds is 8. The predicted octanol–water partition coefficient (Wildman–Crippen LogP) is 2.13. The zero-order valence-corrected chi connectivity index (χ0v) is 13.1. The Morgan fingerprint density at radius 1 is 1.05 bits per heavy atom. The molecule has 0 amide bonds. The first-order valence-electron chi connectivity index (χ1n) is 7.73. The van der Waals surface area contributed by atoms with E-state index in [0.29, 0.717) is 24.9 Å². The van der Waals surface area contributed by atoms with Crippen molar-refractivity contribution in [2.45, 2.75) is 38.0 Å². The van der Waals surface area contributed by atoms with Gasteiger partial charge < -0.3 is 5.11 Å². The molecule has 2 aliphatic rings. The summed E-state index contributed by atoms with van der Waals surface area (Å²) in [5.74, 6) is 1.19. The molecular formula is C16H23NO3S. The van der Waals surface area contributed by atoms with Crippen molar-refractivity contribution in [3.8, 4) is 0 Å². The molecule has 0 saturated heterocycles. The molecule has 2 fully saturated rings. The highest BCUT2D eigenvalue weighted by Gasteiger charge is 2.34. The minimum absolute atomic E-state index is 0.0419. The molecule has 1 N–H and O–H groups in total.